The van der Waals surface area contributed by atoms with Gasteiger partial charge in [-0.3, -0.25) is 0 Å². The van der Waals surface area contributed by atoms with Gasteiger partial charge in [0, 0.05) is 12.6 Å². The van der Waals surface area contributed by atoms with Crippen molar-refractivity contribution >= 4 is 21.6 Å². The zero-order chi connectivity index (χ0) is 12.5. The summed E-state index contributed by atoms with van der Waals surface area (Å²) in [5.74, 6) is -0.559. The van der Waals surface area contributed by atoms with Gasteiger partial charge in [0.15, 0.2) is 0 Å². The second kappa shape index (κ2) is 4.89. The molecule has 17 heavy (non-hydrogen) atoms. The Hall–Kier alpha value is -0.690. The fraction of sp³-hybridized carbons (Fsp3) is 0.400. The minimum atomic E-state index is -3.68. The second-order valence-electron chi connectivity index (χ2n) is 3.89. The summed E-state index contributed by atoms with van der Waals surface area (Å²) in [6.45, 7) is 1.38. The van der Waals surface area contributed by atoms with Crippen molar-refractivity contribution in [1.29, 1.82) is 0 Å². The Morgan fingerprint density at radius 3 is 2.82 bits per heavy atom. The zero-order valence-electron chi connectivity index (χ0n) is 8.91. The second-order valence-corrected chi connectivity index (χ2v) is 5.98. The molecule has 1 saturated heterocycles. The van der Waals surface area contributed by atoms with Crippen molar-refractivity contribution in [3.63, 3.8) is 0 Å². The summed E-state index contributed by atoms with van der Waals surface area (Å²) in [7, 11) is -3.68. The first-order valence-corrected chi connectivity index (χ1v) is 7.03. The van der Waals surface area contributed by atoms with Crippen molar-refractivity contribution in [3.05, 3.63) is 29.0 Å². The van der Waals surface area contributed by atoms with Crippen molar-refractivity contribution in [3.8, 4) is 0 Å². The lowest BCUT2D eigenvalue weighted by atomic mass is 10.3. The van der Waals surface area contributed by atoms with Crippen LogP contribution in [0.5, 0.6) is 0 Å². The zero-order valence-corrected chi connectivity index (χ0v) is 10.5. The van der Waals surface area contributed by atoms with Gasteiger partial charge < -0.3 is 5.32 Å². The van der Waals surface area contributed by atoms with Crippen molar-refractivity contribution < 1.29 is 12.8 Å². The van der Waals surface area contributed by atoms with Gasteiger partial charge >= 0.3 is 0 Å². The van der Waals surface area contributed by atoms with Gasteiger partial charge in [-0.2, -0.15) is 0 Å². The highest BCUT2D eigenvalue weighted by molar-refractivity contribution is 7.89. The fourth-order valence-corrected chi connectivity index (χ4v) is 3.53. The average molecular weight is 279 g/mol. The van der Waals surface area contributed by atoms with Crippen LogP contribution < -0.4 is 10.0 Å². The van der Waals surface area contributed by atoms with Crippen molar-refractivity contribution in [1.82, 2.24) is 10.0 Å². The van der Waals surface area contributed by atoms with Crippen LogP contribution in [0, 0.1) is 5.82 Å². The summed E-state index contributed by atoms with van der Waals surface area (Å²) < 4.78 is 39.3. The van der Waals surface area contributed by atoms with Gasteiger partial charge in [0.25, 0.3) is 0 Å². The lowest BCUT2D eigenvalue weighted by molar-refractivity contribution is 0.559. The van der Waals surface area contributed by atoms with Gasteiger partial charge in [-0.25, -0.2) is 17.5 Å². The van der Waals surface area contributed by atoms with Crippen LogP contribution in [0.4, 0.5) is 4.39 Å². The maximum Gasteiger partial charge on any atom is 0.242 e. The SMILES string of the molecule is O=S(=O)(N[C@H]1CCNC1)c1ccc(F)cc1Cl. The molecule has 2 N–H and O–H groups in total. The van der Waals surface area contributed by atoms with Crippen molar-refractivity contribution in [2.24, 2.45) is 0 Å². The van der Waals surface area contributed by atoms with Gasteiger partial charge in [0.2, 0.25) is 10.0 Å². The van der Waals surface area contributed by atoms with Crippen LogP contribution in [-0.4, -0.2) is 27.5 Å². The minimum Gasteiger partial charge on any atom is -0.315 e. The fourth-order valence-electron chi connectivity index (χ4n) is 1.73. The molecule has 0 bridgehead atoms. The van der Waals surface area contributed by atoms with E-state index in [4.69, 9.17) is 11.6 Å². The molecule has 4 nitrogen and oxygen atoms in total. The predicted octanol–water partition coefficient (Wildman–Crippen LogP) is 1.12. The third-order valence-corrected chi connectivity index (χ3v) is 4.57. The smallest absolute Gasteiger partial charge is 0.242 e. The molecule has 1 aromatic rings. The topological polar surface area (TPSA) is 58.2 Å². The predicted molar refractivity (Wildman–Crippen MR) is 63.0 cm³/mol. The third kappa shape index (κ3) is 2.95. The van der Waals surface area contributed by atoms with E-state index in [0.717, 1.165) is 25.1 Å². The molecule has 0 radical (unpaired) electrons. The first-order chi connectivity index (χ1) is 7.99. The average Bonchev–Trinajstić information content (AvgIpc) is 2.68. The Kier molecular flexibility index (Phi) is 3.67. The molecule has 1 aromatic carbocycles. The minimum absolute atomic E-state index is 0.0903. The van der Waals surface area contributed by atoms with Gasteiger partial charge in [-0.1, -0.05) is 11.6 Å². The number of halogens is 2. The molecule has 1 aliphatic heterocycles. The van der Waals surface area contributed by atoms with E-state index < -0.39 is 15.8 Å². The molecule has 2 rings (SSSR count). The summed E-state index contributed by atoms with van der Waals surface area (Å²) >= 11 is 5.72. The maximum atomic E-state index is 12.8. The van der Waals surface area contributed by atoms with Crippen LogP contribution >= 0.6 is 11.6 Å². The van der Waals surface area contributed by atoms with Crippen LogP contribution in [0.25, 0.3) is 0 Å². The number of rotatable bonds is 3. The van der Waals surface area contributed by atoms with Crippen LogP contribution in [0.1, 0.15) is 6.42 Å². The van der Waals surface area contributed by atoms with Gasteiger partial charge in [-0.15, -0.1) is 0 Å². The lowest BCUT2D eigenvalue weighted by Crippen LogP contribution is -2.36. The molecule has 0 aliphatic carbocycles. The molecule has 0 aromatic heterocycles. The first kappa shape index (κ1) is 12.8. The highest BCUT2D eigenvalue weighted by atomic mass is 35.5. The number of hydrogen-bond acceptors (Lipinski definition) is 3. The normalized spacial score (nSPS) is 20.7. The summed E-state index contributed by atoms with van der Waals surface area (Å²) in [6, 6.07) is 3.10. The van der Waals surface area contributed by atoms with Crippen LogP contribution in [-0.2, 0) is 10.0 Å². The van der Waals surface area contributed by atoms with Crippen LogP contribution in [0.15, 0.2) is 23.1 Å². The van der Waals surface area contributed by atoms with Gasteiger partial charge in [0.1, 0.15) is 10.7 Å². The van der Waals surface area contributed by atoms with E-state index in [1.165, 1.54) is 6.07 Å². The molecule has 1 atom stereocenters. The van der Waals surface area contributed by atoms with E-state index in [9.17, 15) is 12.8 Å². The van der Waals surface area contributed by atoms with Gasteiger partial charge in [-0.05, 0) is 31.2 Å². The Bertz CT molecular complexity index is 515. The third-order valence-electron chi connectivity index (χ3n) is 2.57. The van der Waals surface area contributed by atoms with E-state index in [1.807, 2.05) is 0 Å². The molecule has 94 valence electrons. The molecule has 0 unspecified atom stereocenters. The Morgan fingerprint density at radius 2 is 2.24 bits per heavy atom. The Balaban J connectivity index is 2.24. The van der Waals surface area contributed by atoms with Crippen molar-refractivity contribution in [2.75, 3.05) is 13.1 Å². The highest BCUT2D eigenvalue weighted by Gasteiger charge is 2.24. The molecule has 1 aliphatic rings. The summed E-state index contributed by atoms with van der Waals surface area (Å²) in [5, 5.41) is 2.94. The standard InChI is InChI=1S/C10H12ClFN2O2S/c11-9-5-7(12)1-2-10(9)17(15,16)14-8-3-4-13-6-8/h1-2,5,8,13-14H,3-4,6H2/t8-/m0/s1. The summed E-state index contributed by atoms with van der Waals surface area (Å²) in [5.41, 5.74) is 0. The molecule has 0 saturated carbocycles. The highest BCUT2D eigenvalue weighted by Crippen LogP contribution is 2.22. The summed E-state index contributed by atoms with van der Waals surface area (Å²) in [4.78, 5) is -0.0903. The quantitative estimate of drug-likeness (QED) is 0.871. The number of nitrogens with one attached hydrogen (secondary N) is 2. The first-order valence-electron chi connectivity index (χ1n) is 5.17. The molecule has 1 fully saturated rings. The monoisotopic (exact) mass is 278 g/mol. The lowest BCUT2D eigenvalue weighted by Gasteiger charge is -2.12. The van der Waals surface area contributed by atoms with Gasteiger partial charge in [0.05, 0.1) is 5.02 Å². The number of sulfonamides is 1. The van der Waals surface area contributed by atoms with Crippen molar-refractivity contribution in [2.45, 2.75) is 17.4 Å². The Labute approximate surface area is 104 Å². The van der Waals surface area contributed by atoms with E-state index in [0.29, 0.717) is 6.54 Å². The molecular weight excluding hydrogens is 267 g/mol. The van der Waals surface area contributed by atoms with Crippen LogP contribution in [0.2, 0.25) is 5.02 Å². The number of benzene rings is 1. The van der Waals surface area contributed by atoms with E-state index in [2.05, 4.69) is 10.0 Å². The molecule has 0 amide bonds. The van der Waals surface area contributed by atoms with Crippen LogP contribution in [0.3, 0.4) is 0 Å². The Morgan fingerprint density at radius 1 is 1.47 bits per heavy atom. The van der Waals surface area contributed by atoms with E-state index in [1.54, 1.807) is 0 Å². The number of hydrogen-bond donors (Lipinski definition) is 2. The molecule has 7 heteroatoms. The van der Waals surface area contributed by atoms with E-state index in [-0.39, 0.29) is 16.0 Å². The van der Waals surface area contributed by atoms with E-state index >= 15 is 0 Å². The largest absolute Gasteiger partial charge is 0.315 e. The maximum absolute atomic E-state index is 12.8. The molecule has 1 heterocycles. The molecular formula is C10H12ClFN2O2S. The molecule has 0 spiro atoms. The summed E-state index contributed by atoms with van der Waals surface area (Å²) in [6.07, 6.45) is 0.734.